The van der Waals surface area contributed by atoms with Crippen LogP contribution in [-0.4, -0.2) is 58.4 Å². The summed E-state index contributed by atoms with van der Waals surface area (Å²) in [6, 6.07) is 2.47. The number of hydrogen-bond donors (Lipinski definition) is 2. The fraction of sp³-hybridized carbons (Fsp3) is 0.462. The molecule has 1 heterocycles. The van der Waals surface area contributed by atoms with Gasteiger partial charge in [0.2, 0.25) is 0 Å². The normalized spacial score (nSPS) is 19.8. The van der Waals surface area contributed by atoms with Crippen molar-refractivity contribution in [1.82, 2.24) is 9.80 Å². The third-order valence-corrected chi connectivity index (χ3v) is 4.19. The molecule has 1 amide bonds. The second-order valence-electron chi connectivity index (χ2n) is 4.87. The van der Waals surface area contributed by atoms with Gasteiger partial charge in [-0.1, -0.05) is 6.07 Å². The number of carboxylic acid groups (broad SMARTS) is 1. The van der Waals surface area contributed by atoms with Gasteiger partial charge in [0, 0.05) is 31.7 Å². The Morgan fingerprint density at radius 1 is 1.33 bits per heavy atom. The average Bonchev–Trinajstić information content (AvgIpc) is 2.48. The number of amides is 1. The number of halogens is 3. The van der Waals surface area contributed by atoms with E-state index in [9.17, 15) is 18.7 Å². The van der Waals surface area contributed by atoms with E-state index >= 15 is 0 Å². The lowest BCUT2D eigenvalue weighted by Gasteiger charge is -2.39. The van der Waals surface area contributed by atoms with Crippen molar-refractivity contribution in [3.8, 4) is 0 Å². The van der Waals surface area contributed by atoms with Crippen LogP contribution in [0.3, 0.4) is 0 Å². The summed E-state index contributed by atoms with van der Waals surface area (Å²) in [7, 11) is 0. The molecule has 0 bridgehead atoms. The fourth-order valence-electron chi connectivity index (χ4n) is 2.35. The highest BCUT2D eigenvalue weighted by Gasteiger charge is 2.29. The molecule has 5 nitrogen and oxygen atoms in total. The molecule has 1 aliphatic rings. The molecule has 2 N–H and O–H groups in total. The summed E-state index contributed by atoms with van der Waals surface area (Å²) in [6.45, 7) is 0.646. The van der Waals surface area contributed by atoms with E-state index in [2.05, 4.69) is 15.9 Å². The van der Waals surface area contributed by atoms with Crippen LogP contribution in [0.15, 0.2) is 16.6 Å². The van der Waals surface area contributed by atoms with Gasteiger partial charge in [-0.05, 0) is 22.0 Å². The number of aliphatic hydroxyl groups excluding tert-OH is 1. The maximum atomic E-state index is 13.9. The van der Waals surface area contributed by atoms with E-state index in [-0.39, 0.29) is 36.3 Å². The molecular weight excluding hydrogens is 350 g/mol. The predicted molar refractivity (Wildman–Crippen MR) is 74.9 cm³/mol. The zero-order valence-electron chi connectivity index (χ0n) is 11.1. The number of nitrogens with zero attached hydrogens (tertiary/aromatic N) is 2. The van der Waals surface area contributed by atoms with Crippen LogP contribution >= 0.6 is 15.9 Å². The number of aliphatic hydroxyl groups is 1. The van der Waals surface area contributed by atoms with Crippen molar-refractivity contribution in [2.24, 2.45) is 0 Å². The van der Waals surface area contributed by atoms with Gasteiger partial charge in [-0.2, -0.15) is 0 Å². The molecule has 1 aromatic rings. The quantitative estimate of drug-likeness (QED) is 0.803. The van der Waals surface area contributed by atoms with Crippen LogP contribution in [-0.2, 0) is 6.54 Å². The molecule has 1 aliphatic heterocycles. The molecule has 1 atom stereocenters. The molecule has 0 saturated carbocycles. The molecule has 1 fully saturated rings. The van der Waals surface area contributed by atoms with E-state index in [4.69, 9.17) is 5.11 Å². The Labute approximate surface area is 128 Å². The number of benzene rings is 1. The molecular formula is C13H15BrF2N2O3. The van der Waals surface area contributed by atoms with Gasteiger partial charge < -0.3 is 15.1 Å². The largest absolute Gasteiger partial charge is 0.465 e. The zero-order chi connectivity index (χ0) is 15.6. The number of carbonyl (C=O) groups is 1. The van der Waals surface area contributed by atoms with Crippen LogP contribution in [0.25, 0.3) is 0 Å². The number of rotatable bonds is 3. The fourth-order valence-corrected chi connectivity index (χ4v) is 2.66. The smallest absolute Gasteiger partial charge is 0.407 e. The molecule has 0 radical (unpaired) electrons. The third-order valence-electron chi connectivity index (χ3n) is 3.57. The van der Waals surface area contributed by atoms with Crippen molar-refractivity contribution in [2.75, 3.05) is 26.2 Å². The lowest BCUT2D eigenvalue weighted by Crippen LogP contribution is -2.55. The molecule has 21 heavy (non-hydrogen) atoms. The molecule has 1 saturated heterocycles. The van der Waals surface area contributed by atoms with Crippen LogP contribution in [0.2, 0.25) is 0 Å². The monoisotopic (exact) mass is 364 g/mol. The second kappa shape index (κ2) is 6.67. The summed E-state index contributed by atoms with van der Waals surface area (Å²) in [4.78, 5) is 13.9. The van der Waals surface area contributed by atoms with Gasteiger partial charge >= 0.3 is 6.09 Å². The maximum absolute atomic E-state index is 13.9. The van der Waals surface area contributed by atoms with Gasteiger partial charge in [0.25, 0.3) is 0 Å². The van der Waals surface area contributed by atoms with Crippen LogP contribution in [0.4, 0.5) is 13.6 Å². The molecule has 2 rings (SSSR count). The van der Waals surface area contributed by atoms with E-state index in [0.717, 1.165) is 0 Å². The van der Waals surface area contributed by atoms with Crippen molar-refractivity contribution in [1.29, 1.82) is 0 Å². The van der Waals surface area contributed by atoms with E-state index in [0.29, 0.717) is 6.54 Å². The Kier molecular flexibility index (Phi) is 5.13. The summed E-state index contributed by atoms with van der Waals surface area (Å²) < 4.78 is 27.4. The van der Waals surface area contributed by atoms with Crippen LogP contribution in [0, 0.1) is 11.6 Å². The van der Waals surface area contributed by atoms with Crippen molar-refractivity contribution >= 4 is 22.0 Å². The second-order valence-corrected chi connectivity index (χ2v) is 5.72. The van der Waals surface area contributed by atoms with Gasteiger partial charge in [0.15, 0.2) is 11.6 Å². The Hall–Kier alpha value is -1.25. The van der Waals surface area contributed by atoms with Crippen molar-refractivity contribution < 1.29 is 23.8 Å². The molecule has 0 aromatic heterocycles. The molecule has 1 aromatic carbocycles. The Balaban J connectivity index is 2.12. The average molecular weight is 365 g/mol. The Morgan fingerprint density at radius 2 is 2.05 bits per heavy atom. The Morgan fingerprint density at radius 3 is 2.67 bits per heavy atom. The van der Waals surface area contributed by atoms with Crippen molar-refractivity contribution in [2.45, 2.75) is 12.6 Å². The third kappa shape index (κ3) is 3.50. The number of piperazine rings is 1. The van der Waals surface area contributed by atoms with Crippen LogP contribution in [0.5, 0.6) is 0 Å². The van der Waals surface area contributed by atoms with E-state index in [1.807, 2.05) is 0 Å². The maximum Gasteiger partial charge on any atom is 0.407 e. The van der Waals surface area contributed by atoms with Gasteiger partial charge in [-0.15, -0.1) is 0 Å². The minimum Gasteiger partial charge on any atom is -0.465 e. The topological polar surface area (TPSA) is 64.0 Å². The molecule has 0 unspecified atom stereocenters. The minimum absolute atomic E-state index is 0.0538. The van der Waals surface area contributed by atoms with Gasteiger partial charge in [-0.3, -0.25) is 4.90 Å². The summed E-state index contributed by atoms with van der Waals surface area (Å²) in [6.07, 6.45) is -1.05. The predicted octanol–water partition coefficient (Wildman–Crippen LogP) is 1.88. The first-order valence-corrected chi connectivity index (χ1v) is 7.18. The first kappa shape index (κ1) is 16.1. The van der Waals surface area contributed by atoms with Crippen molar-refractivity contribution in [3.63, 3.8) is 0 Å². The highest BCUT2D eigenvalue weighted by molar-refractivity contribution is 9.10. The van der Waals surface area contributed by atoms with E-state index < -0.39 is 23.8 Å². The molecule has 116 valence electrons. The SMILES string of the molecule is O=C(O)N1CCN(Cc2ccc(Br)c(F)c2F)[C@@H](CO)C1. The summed E-state index contributed by atoms with van der Waals surface area (Å²) in [5, 5.41) is 18.3. The molecule has 8 heteroatoms. The van der Waals surface area contributed by atoms with Gasteiger partial charge in [0.1, 0.15) is 0 Å². The standard InChI is InChI=1S/C13H15BrF2N2O3/c14-10-2-1-8(11(15)12(10)16)5-17-3-4-18(13(20)21)6-9(17)7-19/h1-2,9,19H,3-7H2,(H,20,21)/t9-/m1/s1. The van der Waals surface area contributed by atoms with Crippen LogP contribution in [0.1, 0.15) is 5.56 Å². The van der Waals surface area contributed by atoms with Gasteiger partial charge in [-0.25, -0.2) is 13.6 Å². The summed E-state index contributed by atoms with van der Waals surface area (Å²) in [5.41, 5.74) is 0.179. The highest BCUT2D eigenvalue weighted by Crippen LogP contribution is 2.23. The number of hydrogen-bond acceptors (Lipinski definition) is 3. The first-order chi connectivity index (χ1) is 9.93. The van der Waals surface area contributed by atoms with Crippen LogP contribution < -0.4 is 0 Å². The lowest BCUT2D eigenvalue weighted by atomic mass is 10.1. The first-order valence-electron chi connectivity index (χ1n) is 6.39. The lowest BCUT2D eigenvalue weighted by molar-refractivity contribution is 0.0361. The molecule has 0 aliphatic carbocycles. The van der Waals surface area contributed by atoms with Gasteiger partial charge in [0.05, 0.1) is 17.1 Å². The van der Waals surface area contributed by atoms with E-state index in [1.54, 1.807) is 4.90 Å². The van der Waals surface area contributed by atoms with E-state index in [1.165, 1.54) is 17.0 Å². The molecule has 0 spiro atoms. The van der Waals surface area contributed by atoms with Crippen molar-refractivity contribution in [3.05, 3.63) is 33.8 Å². The summed E-state index contributed by atoms with van der Waals surface area (Å²) in [5.74, 6) is -1.88. The Bertz CT molecular complexity index is 544. The minimum atomic E-state index is -1.05. The highest BCUT2D eigenvalue weighted by atomic mass is 79.9. The zero-order valence-corrected chi connectivity index (χ0v) is 12.7. The summed E-state index contributed by atoms with van der Waals surface area (Å²) >= 11 is 2.91.